The first kappa shape index (κ1) is 15.0. The van der Waals surface area contributed by atoms with Gasteiger partial charge in [0.1, 0.15) is 0 Å². The van der Waals surface area contributed by atoms with Crippen molar-refractivity contribution >= 4 is 21.6 Å². The number of sulfonamides is 1. The minimum atomic E-state index is -3.39. The summed E-state index contributed by atoms with van der Waals surface area (Å²) in [6.45, 7) is 1.83. The molecule has 0 aliphatic rings. The molecule has 1 atom stereocenters. The molecule has 2 aromatic rings. The highest BCUT2D eigenvalue weighted by Crippen LogP contribution is 2.15. The molecule has 0 fully saturated rings. The van der Waals surface area contributed by atoms with Crippen LogP contribution in [0.1, 0.15) is 24.1 Å². The lowest BCUT2D eigenvalue weighted by Gasteiger charge is -2.14. The third-order valence-electron chi connectivity index (χ3n) is 2.93. The van der Waals surface area contributed by atoms with Gasteiger partial charge in [-0.1, -0.05) is 54.1 Å². The van der Waals surface area contributed by atoms with E-state index in [9.17, 15) is 8.42 Å². The Morgan fingerprint density at radius 3 is 2.25 bits per heavy atom. The van der Waals surface area contributed by atoms with Crippen LogP contribution in [0.2, 0.25) is 5.02 Å². The van der Waals surface area contributed by atoms with Crippen LogP contribution < -0.4 is 4.72 Å². The summed E-state index contributed by atoms with van der Waals surface area (Å²) in [5.74, 6) is -0.0542. The maximum atomic E-state index is 12.1. The second-order valence-corrected chi connectivity index (χ2v) is 6.83. The number of hydrogen-bond donors (Lipinski definition) is 1. The van der Waals surface area contributed by atoms with Crippen molar-refractivity contribution in [3.63, 3.8) is 0 Å². The summed E-state index contributed by atoms with van der Waals surface area (Å²) in [4.78, 5) is 0. The minimum Gasteiger partial charge on any atom is -0.212 e. The quantitative estimate of drug-likeness (QED) is 0.918. The molecule has 20 heavy (non-hydrogen) atoms. The molecule has 2 rings (SSSR count). The van der Waals surface area contributed by atoms with Crippen LogP contribution in [0.15, 0.2) is 54.6 Å². The summed E-state index contributed by atoms with van der Waals surface area (Å²) in [6.07, 6.45) is 0. The molecule has 0 aliphatic heterocycles. The van der Waals surface area contributed by atoms with Crippen molar-refractivity contribution in [1.29, 1.82) is 0 Å². The third-order valence-corrected chi connectivity index (χ3v) is 4.60. The number of rotatable bonds is 5. The van der Waals surface area contributed by atoms with E-state index in [0.29, 0.717) is 10.6 Å². The third kappa shape index (κ3) is 4.34. The van der Waals surface area contributed by atoms with Gasteiger partial charge in [0.25, 0.3) is 0 Å². The number of nitrogens with one attached hydrogen (secondary N) is 1. The van der Waals surface area contributed by atoms with Gasteiger partial charge in [-0.2, -0.15) is 0 Å². The van der Waals surface area contributed by atoms with Gasteiger partial charge >= 0.3 is 0 Å². The molecule has 0 aliphatic carbocycles. The van der Waals surface area contributed by atoms with Gasteiger partial charge < -0.3 is 0 Å². The van der Waals surface area contributed by atoms with Gasteiger partial charge in [0.15, 0.2) is 0 Å². The second kappa shape index (κ2) is 6.39. The van der Waals surface area contributed by atoms with Gasteiger partial charge in [-0.05, 0) is 30.2 Å². The molecule has 106 valence electrons. The van der Waals surface area contributed by atoms with Gasteiger partial charge in [0.05, 0.1) is 5.75 Å². The van der Waals surface area contributed by atoms with Gasteiger partial charge in [0, 0.05) is 11.1 Å². The smallest absolute Gasteiger partial charge is 0.212 e. The van der Waals surface area contributed by atoms with Gasteiger partial charge in [-0.25, -0.2) is 13.1 Å². The summed E-state index contributed by atoms with van der Waals surface area (Å²) in [5, 5.41) is 0.594. The van der Waals surface area contributed by atoms with Gasteiger partial charge in [-0.3, -0.25) is 0 Å². The standard InChI is InChI=1S/C15H16ClNO2S/c1-12(14-5-3-2-4-6-14)17-20(18,19)11-13-7-9-15(16)10-8-13/h2-10,12,17H,11H2,1H3/t12-/m1/s1. The second-order valence-electron chi connectivity index (χ2n) is 4.64. The highest BCUT2D eigenvalue weighted by atomic mass is 35.5. The Labute approximate surface area is 124 Å². The summed E-state index contributed by atoms with van der Waals surface area (Å²) in [5.41, 5.74) is 1.65. The fraction of sp³-hybridized carbons (Fsp3) is 0.200. The van der Waals surface area contributed by atoms with Crippen LogP contribution in [-0.2, 0) is 15.8 Å². The molecule has 0 spiro atoms. The molecular weight excluding hydrogens is 294 g/mol. The molecule has 1 N–H and O–H groups in total. The molecule has 0 unspecified atom stereocenters. The summed E-state index contributed by atoms with van der Waals surface area (Å²) in [6, 6.07) is 16.0. The van der Waals surface area contributed by atoms with E-state index in [-0.39, 0.29) is 11.8 Å². The molecule has 0 aromatic heterocycles. The molecule has 3 nitrogen and oxygen atoms in total. The number of halogens is 1. The SMILES string of the molecule is C[C@@H](NS(=O)(=O)Cc1ccc(Cl)cc1)c1ccccc1. The van der Waals surface area contributed by atoms with Crippen molar-refractivity contribution in [1.82, 2.24) is 4.72 Å². The molecule has 0 radical (unpaired) electrons. The first-order valence-corrected chi connectivity index (χ1v) is 8.29. The fourth-order valence-corrected chi connectivity index (χ4v) is 3.44. The Balaban J connectivity index is 2.06. The van der Waals surface area contributed by atoms with Crippen LogP contribution in [0.4, 0.5) is 0 Å². The van der Waals surface area contributed by atoms with E-state index in [1.54, 1.807) is 24.3 Å². The summed E-state index contributed by atoms with van der Waals surface area (Å²) in [7, 11) is -3.39. The van der Waals surface area contributed by atoms with Crippen LogP contribution in [0, 0.1) is 0 Å². The fourth-order valence-electron chi connectivity index (χ4n) is 1.92. The lowest BCUT2D eigenvalue weighted by atomic mass is 10.1. The summed E-state index contributed by atoms with van der Waals surface area (Å²) < 4.78 is 26.9. The molecule has 5 heteroatoms. The van der Waals surface area contributed by atoms with Crippen LogP contribution in [0.5, 0.6) is 0 Å². The predicted molar refractivity (Wildman–Crippen MR) is 82.1 cm³/mol. The van der Waals surface area contributed by atoms with E-state index in [0.717, 1.165) is 5.56 Å². The van der Waals surface area contributed by atoms with Crippen molar-refractivity contribution < 1.29 is 8.42 Å². The zero-order valence-corrected chi connectivity index (χ0v) is 12.7. The maximum Gasteiger partial charge on any atom is 0.216 e. The van der Waals surface area contributed by atoms with Gasteiger partial charge in [0.2, 0.25) is 10.0 Å². The first-order chi connectivity index (χ1) is 9.46. The first-order valence-electron chi connectivity index (χ1n) is 6.26. The predicted octanol–water partition coefficient (Wildman–Crippen LogP) is 3.52. The van der Waals surface area contributed by atoms with Crippen molar-refractivity contribution in [2.75, 3.05) is 0 Å². The molecular formula is C15H16ClNO2S. The Bertz CT molecular complexity index is 654. The van der Waals surface area contributed by atoms with E-state index >= 15 is 0 Å². The van der Waals surface area contributed by atoms with E-state index in [4.69, 9.17) is 11.6 Å². The van der Waals surface area contributed by atoms with Crippen molar-refractivity contribution in [2.24, 2.45) is 0 Å². The van der Waals surface area contributed by atoms with E-state index in [2.05, 4.69) is 4.72 Å². The van der Waals surface area contributed by atoms with Crippen molar-refractivity contribution in [2.45, 2.75) is 18.7 Å². The molecule has 0 heterocycles. The zero-order chi connectivity index (χ0) is 14.6. The van der Waals surface area contributed by atoms with E-state index in [1.165, 1.54) is 0 Å². The van der Waals surface area contributed by atoms with Crippen LogP contribution in [0.3, 0.4) is 0 Å². The average molecular weight is 310 g/mol. The van der Waals surface area contributed by atoms with Gasteiger partial charge in [-0.15, -0.1) is 0 Å². The Hall–Kier alpha value is -1.36. The maximum absolute atomic E-state index is 12.1. The van der Waals surface area contributed by atoms with Crippen molar-refractivity contribution in [3.05, 3.63) is 70.7 Å². The van der Waals surface area contributed by atoms with Crippen LogP contribution in [-0.4, -0.2) is 8.42 Å². The largest absolute Gasteiger partial charge is 0.216 e. The lowest BCUT2D eigenvalue weighted by Crippen LogP contribution is -2.28. The molecule has 0 saturated heterocycles. The molecule has 2 aromatic carbocycles. The van der Waals surface area contributed by atoms with Crippen LogP contribution in [0.25, 0.3) is 0 Å². The van der Waals surface area contributed by atoms with Crippen molar-refractivity contribution in [3.8, 4) is 0 Å². The highest BCUT2D eigenvalue weighted by molar-refractivity contribution is 7.88. The molecule has 0 amide bonds. The average Bonchev–Trinajstić information content (AvgIpc) is 2.41. The van der Waals surface area contributed by atoms with E-state index < -0.39 is 10.0 Å². The number of hydrogen-bond acceptors (Lipinski definition) is 2. The van der Waals surface area contributed by atoms with Crippen LogP contribution >= 0.6 is 11.6 Å². The number of benzene rings is 2. The normalized spacial score (nSPS) is 13.1. The summed E-state index contributed by atoms with van der Waals surface area (Å²) >= 11 is 5.78. The highest BCUT2D eigenvalue weighted by Gasteiger charge is 2.16. The Morgan fingerprint density at radius 2 is 1.65 bits per heavy atom. The Kier molecular flexibility index (Phi) is 4.81. The minimum absolute atomic E-state index is 0.0542. The topological polar surface area (TPSA) is 46.2 Å². The molecule has 0 saturated carbocycles. The Morgan fingerprint density at radius 1 is 1.05 bits per heavy atom. The lowest BCUT2D eigenvalue weighted by molar-refractivity contribution is 0.566. The zero-order valence-electron chi connectivity index (χ0n) is 11.1. The molecule has 0 bridgehead atoms. The van der Waals surface area contributed by atoms with E-state index in [1.807, 2.05) is 37.3 Å². The monoisotopic (exact) mass is 309 g/mol.